The van der Waals surface area contributed by atoms with Crippen molar-refractivity contribution in [3.8, 4) is 0 Å². The van der Waals surface area contributed by atoms with E-state index in [9.17, 15) is 4.79 Å². The molecule has 0 spiro atoms. The fraction of sp³-hybridized carbons (Fsp3) is 0.714. The molecule has 1 aromatic rings. The van der Waals surface area contributed by atoms with Gasteiger partial charge in [-0.2, -0.15) is 5.10 Å². The van der Waals surface area contributed by atoms with Crippen molar-refractivity contribution < 1.29 is 4.79 Å². The lowest BCUT2D eigenvalue weighted by atomic mass is 10.1. The molecule has 0 bridgehead atoms. The minimum Gasteiger partial charge on any atom is -0.319 e. The van der Waals surface area contributed by atoms with Gasteiger partial charge in [-0.05, 0) is 26.4 Å². The van der Waals surface area contributed by atoms with Crippen LogP contribution < -0.4 is 10.6 Å². The molecule has 1 fully saturated rings. The first-order chi connectivity index (χ1) is 9.74. The molecule has 0 aliphatic carbocycles. The minimum atomic E-state index is 0. The van der Waals surface area contributed by atoms with Crippen LogP contribution in [-0.2, 0) is 4.79 Å². The van der Waals surface area contributed by atoms with E-state index in [4.69, 9.17) is 0 Å². The van der Waals surface area contributed by atoms with Gasteiger partial charge in [0.05, 0.1) is 12.2 Å². The van der Waals surface area contributed by atoms with Crippen LogP contribution in [0.1, 0.15) is 32.2 Å². The average Bonchev–Trinajstić information content (AvgIpc) is 2.93. The van der Waals surface area contributed by atoms with Crippen molar-refractivity contribution >= 4 is 36.5 Å². The molecule has 6 nitrogen and oxygen atoms in total. The predicted molar refractivity (Wildman–Crippen MR) is 94.3 cm³/mol. The lowest BCUT2D eigenvalue weighted by Crippen LogP contribution is -2.35. The van der Waals surface area contributed by atoms with E-state index in [0.717, 1.165) is 38.3 Å². The molecule has 8 heteroatoms. The number of hydrogen-bond donors (Lipinski definition) is 2. The number of piperidine rings is 1. The van der Waals surface area contributed by atoms with Gasteiger partial charge in [0.1, 0.15) is 5.82 Å². The lowest BCUT2D eigenvalue weighted by molar-refractivity contribution is -0.116. The molecule has 2 heterocycles. The van der Waals surface area contributed by atoms with Crippen LogP contribution in [0.25, 0.3) is 0 Å². The van der Waals surface area contributed by atoms with Crippen LogP contribution in [0.2, 0.25) is 0 Å². The number of likely N-dealkylation sites (tertiary alicyclic amines) is 1. The summed E-state index contributed by atoms with van der Waals surface area (Å²) < 4.78 is 1.98. The summed E-state index contributed by atoms with van der Waals surface area (Å²) in [5, 5.41) is 10.3. The summed E-state index contributed by atoms with van der Waals surface area (Å²) in [4.78, 5) is 14.3. The molecular formula is C14H27Cl2N5O. The molecule has 1 aliphatic rings. The van der Waals surface area contributed by atoms with E-state index >= 15 is 0 Å². The zero-order valence-electron chi connectivity index (χ0n) is 13.2. The number of carbonyl (C=O) groups excluding carboxylic acids is 1. The fourth-order valence-electron chi connectivity index (χ4n) is 2.63. The second kappa shape index (κ2) is 10.8. The summed E-state index contributed by atoms with van der Waals surface area (Å²) in [6.07, 6.45) is 4.43. The highest BCUT2D eigenvalue weighted by Gasteiger charge is 2.22. The van der Waals surface area contributed by atoms with Crippen molar-refractivity contribution in [2.75, 3.05) is 38.5 Å². The van der Waals surface area contributed by atoms with E-state index in [-0.39, 0.29) is 30.7 Å². The maximum atomic E-state index is 11.8. The second-order valence-electron chi connectivity index (χ2n) is 5.23. The highest BCUT2D eigenvalue weighted by molar-refractivity contribution is 5.89. The quantitative estimate of drug-likeness (QED) is 0.821. The summed E-state index contributed by atoms with van der Waals surface area (Å²) in [5.74, 6) is 0.855. The molecule has 0 aromatic carbocycles. The van der Waals surface area contributed by atoms with Crippen molar-refractivity contribution in [1.29, 1.82) is 0 Å². The number of rotatable bonds is 6. The molecule has 0 radical (unpaired) electrons. The normalized spacial score (nSPS) is 15.7. The van der Waals surface area contributed by atoms with Gasteiger partial charge in [-0.25, -0.2) is 4.68 Å². The number of amides is 1. The van der Waals surface area contributed by atoms with Crippen molar-refractivity contribution in [2.45, 2.75) is 32.2 Å². The second-order valence-corrected chi connectivity index (χ2v) is 5.23. The molecule has 1 aromatic heterocycles. The van der Waals surface area contributed by atoms with Gasteiger partial charge in [-0.15, -0.1) is 24.8 Å². The van der Waals surface area contributed by atoms with Gasteiger partial charge in [-0.1, -0.05) is 6.92 Å². The summed E-state index contributed by atoms with van der Waals surface area (Å²) in [7, 11) is 1.85. The number of anilines is 1. The van der Waals surface area contributed by atoms with Crippen molar-refractivity contribution in [1.82, 2.24) is 20.0 Å². The average molecular weight is 352 g/mol. The number of aromatic nitrogens is 2. The molecule has 2 rings (SSSR count). The third-order valence-corrected chi connectivity index (χ3v) is 3.89. The molecule has 128 valence electrons. The molecule has 22 heavy (non-hydrogen) atoms. The maximum absolute atomic E-state index is 11.8. The van der Waals surface area contributed by atoms with Gasteiger partial charge in [-0.3, -0.25) is 4.79 Å². The fourth-order valence-corrected chi connectivity index (χ4v) is 2.63. The maximum Gasteiger partial charge on any atom is 0.226 e. The van der Waals surface area contributed by atoms with Crippen LogP contribution in [-0.4, -0.2) is 53.8 Å². The van der Waals surface area contributed by atoms with E-state index < -0.39 is 0 Å². The molecule has 2 N–H and O–H groups in total. The summed E-state index contributed by atoms with van der Waals surface area (Å²) in [5.41, 5.74) is 0. The number of nitrogens with zero attached hydrogens (tertiary/aromatic N) is 3. The number of halogens is 2. The lowest BCUT2D eigenvalue weighted by Gasteiger charge is -2.31. The number of nitrogens with one attached hydrogen (secondary N) is 2. The summed E-state index contributed by atoms with van der Waals surface area (Å²) in [6.45, 7) is 6.21. The topological polar surface area (TPSA) is 62.2 Å². The van der Waals surface area contributed by atoms with Crippen LogP contribution in [0.3, 0.4) is 0 Å². The Labute approximate surface area is 144 Å². The first kappa shape index (κ1) is 21.2. The smallest absolute Gasteiger partial charge is 0.226 e. The van der Waals surface area contributed by atoms with Crippen LogP contribution in [0.5, 0.6) is 0 Å². The third kappa shape index (κ3) is 5.76. The van der Waals surface area contributed by atoms with Gasteiger partial charge in [0.2, 0.25) is 5.91 Å². The van der Waals surface area contributed by atoms with Gasteiger partial charge in [0.25, 0.3) is 0 Å². The monoisotopic (exact) mass is 351 g/mol. The van der Waals surface area contributed by atoms with Crippen molar-refractivity contribution in [3.05, 3.63) is 12.3 Å². The molecule has 0 unspecified atom stereocenters. The Bertz CT molecular complexity index is 433. The van der Waals surface area contributed by atoms with Gasteiger partial charge in [0.15, 0.2) is 0 Å². The summed E-state index contributed by atoms with van der Waals surface area (Å²) >= 11 is 0. The van der Waals surface area contributed by atoms with Crippen molar-refractivity contribution in [2.24, 2.45) is 0 Å². The third-order valence-electron chi connectivity index (χ3n) is 3.89. The van der Waals surface area contributed by atoms with Crippen LogP contribution in [0.15, 0.2) is 12.3 Å². The number of hydrogen-bond acceptors (Lipinski definition) is 4. The molecule has 0 saturated carbocycles. The standard InChI is InChI=1S/C14H25N5O.2ClH/c1-3-18-10-6-12(7-11-18)19-13(4-9-16-19)17-14(20)5-8-15-2;;/h4,9,12,15H,3,5-8,10-11H2,1-2H3,(H,17,20);2*1H. The number of carbonyl (C=O) groups is 1. The Morgan fingerprint density at radius 1 is 1.36 bits per heavy atom. The van der Waals surface area contributed by atoms with Gasteiger partial charge < -0.3 is 15.5 Å². The Morgan fingerprint density at radius 3 is 2.64 bits per heavy atom. The highest BCUT2D eigenvalue weighted by Crippen LogP contribution is 2.25. The Hall–Kier alpha value is -0.820. The first-order valence-corrected chi connectivity index (χ1v) is 7.45. The molecule has 1 amide bonds. The van der Waals surface area contributed by atoms with Gasteiger partial charge >= 0.3 is 0 Å². The SMILES string of the molecule is CCN1CCC(n2nccc2NC(=O)CCNC)CC1.Cl.Cl. The Morgan fingerprint density at radius 2 is 2.05 bits per heavy atom. The molecule has 0 atom stereocenters. The van der Waals surface area contributed by atoms with E-state index in [1.807, 2.05) is 17.8 Å². The first-order valence-electron chi connectivity index (χ1n) is 7.45. The van der Waals surface area contributed by atoms with E-state index in [0.29, 0.717) is 19.0 Å². The van der Waals surface area contributed by atoms with E-state index in [1.54, 1.807) is 6.20 Å². The Kier molecular flexibility index (Phi) is 10.4. The van der Waals surface area contributed by atoms with Crippen molar-refractivity contribution in [3.63, 3.8) is 0 Å². The van der Waals surface area contributed by atoms with E-state index in [2.05, 4.69) is 27.6 Å². The van der Waals surface area contributed by atoms with Crippen LogP contribution >= 0.6 is 24.8 Å². The minimum absolute atomic E-state index is 0. The Balaban J connectivity index is 0.00000220. The molecular weight excluding hydrogens is 325 g/mol. The molecule has 1 aliphatic heterocycles. The van der Waals surface area contributed by atoms with E-state index in [1.165, 1.54) is 0 Å². The largest absolute Gasteiger partial charge is 0.319 e. The molecule has 1 saturated heterocycles. The predicted octanol–water partition coefficient (Wildman–Crippen LogP) is 1.93. The zero-order chi connectivity index (χ0) is 14.4. The highest BCUT2D eigenvalue weighted by atomic mass is 35.5. The van der Waals surface area contributed by atoms with Crippen LogP contribution in [0, 0.1) is 0 Å². The van der Waals surface area contributed by atoms with Crippen LogP contribution in [0.4, 0.5) is 5.82 Å². The zero-order valence-corrected chi connectivity index (χ0v) is 14.9. The van der Waals surface area contributed by atoms with Gasteiger partial charge in [0, 0.05) is 32.1 Å². The summed E-state index contributed by atoms with van der Waals surface area (Å²) in [6, 6.07) is 2.27.